The summed E-state index contributed by atoms with van der Waals surface area (Å²) in [5, 5.41) is 12.5. The second-order valence-electron chi connectivity index (χ2n) is 7.93. The van der Waals surface area contributed by atoms with Gasteiger partial charge in [-0.1, -0.05) is 20.3 Å². The van der Waals surface area contributed by atoms with Gasteiger partial charge in [-0.25, -0.2) is 19.6 Å². The first-order chi connectivity index (χ1) is 10.9. The Morgan fingerprint density at radius 3 is 1.83 bits per heavy atom. The van der Waals surface area contributed by atoms with E-state index in [2.05, 4.69) is 5.32 Å². The molecule has 0 amide bonds. The van der Waals surface area contributed by atoms with Crippen LogP contribution in [-0.4, -0.2) is 41.2 Å². The molecule has 0 aromatic carbocycles. The largest absolute Gasteiger partial charge is 0.480 e. The summed E-state index contributed by atoms with van der Waals surface area (Å²) in [7, 11) is 0. The molecule has 0 radical (unpaired) electrons. The quantitative estimate of drug-likeness (QED) is 0.256. The van der Waals surface area contributed by atoms with E-state index in [1.807, 2.05) is 48.5 Å². The highest BCUT2D eigenvalue weighted by molar-refractivity contribution is 5.73. The van der Waals surface area contributed by atoms with Crippen molar-refractivity contribution in [3.63, 3.8) is 0 Å². The Bertz CT molecular complexity index is 343. The zero-order chi connectivity index (χ0) is 19.0. The summed E-state index contributed by atoms with van der Waals surface area (Å²) in [5.41, 5.74) is -1.12. The molecule has 0 aliphatic heterocycles. The molecule has 2 atom stereocenters. The van der Waals surface area contributed by atoms with Gasteiger partial charge in [0.15, 0.2) is 0 Å². The number of carboxylic acids is 1. The summed E-state index contributed by atoms with van der Waals surface area (Å²) < 4.78 is 0. The van der Waals surface area contributed by atoms with Crippen molar-refractivity contribution in [1.82, 2.24) is 5.32 Å². The average molecular weight is 349 g/mol. The van der Waals surface area contributed by atoms with Crippen molar-refractivity contribution in [1.29, 1.82) is 0 Å². The molecular formula is C17H35NO6. The maximum Gasteiger partial charge on any atom is 0.321 e. The van der Waals surface area contributed by atoms with Crippen molar-refractivity contribution in [2.75, 3.05) is 6.54 Å². The van der Waals surface area contributed by atoms with Crippen LogP contribution in [0.1, 0.15) is 68.2 Å². The predicted octanol–water partition coefficient (Wildman–Crippen LogP) is 3.28. The maximum atomic E-state index is 11.6. The van der Waals surface area contributed by atoms with Crippen LogP contribution < -0.4 is 5.32 Å². The third-order valence-corrected chi connectivity index (χ3v) is 2.90. The molecule has 0 aromatic rings. The van der Waals surface area contributed by atoms with Crippen molar-refractivity contribution in [2.45, 2.75) is 91.8 Å². The van der Waals surface area contributed by atoms with Gasteiger partial charge in [-0.05, 0) is 54.5 Å². The van der Waals surface area contributed by atoms with Crippen molar-refractivity contribution in [2.24, 2.45) is 5.92 Å². The summed E-state index contributed by atoms with van der Waals surface area (Å²) in [6, 6.07) is -0.839. The summed E-state index contributed by atoms with van der Waals surface area (Å²) in [5.74, 6) is -1.51. The second kappa shape index (κ2) is 10.3. The van der Waals surface area contributed by atoms with Crippen LogP contribution in [0, 0.1) is 5.92 Å². The first-order valence-electron chi connectivity index (χ1n) is 8.52. The van der Waals surface area contributed by atoms with Crippen LogP contribution in [-0.2, 0) is 24.3 Å². The van der Waals surface area contributed by atoms with Gasteiger partial charge in [0.05, 0.1) is 11.2 Å². The molecule has 0 heterocycles. The van der Waals surface area contributed by atoms with Crippen LogP contribution >= 0.6 is 0 Å². The molecule has 0 fully saturated rings. The van der Waals surface area contributed by atoms with E-state index in [4.69, 9.17) is 19.6 Å². The average Bonchev–Trinajstić information content (AvgIpc) is 2.40. The van der Waals surface area contributed by atoms with Gasteiger partial charge >= 0.3 is 5.97 Å². The molecule has 0 aliphatic carbocycles. The van der Waals surface area contributed by atoms with E-state index in [1.165, 1.54) is 0 Å². The molecule has 0 aromatic heterocycles. The fraction of sp³-hybridized carbons (Fsp3) is 0.941. The zero-order valence-electron chi connectivity index (χ0n) is 16.3. The van der Waals surface area contributed by atoms with Gasteiger partial charge in [-0.2, -0.15) is 0 Å². The normalized spacial score (nSPS) is 15.5. The van der Waals surface area contributed by atoms with E-state index in [0.29, 0.717) is 6.54 Å². The molecule has 0 spiro atoms. The van der Waals surface area contributed by atoms with Gasteiger partial charge in [-0.15, -0.1) is 0 Å². The van der Waals surface area contributed by atoms with Gasteiger partial charge in [0.25, 0.3) is 0 Å². The lowest BCUT2D eigenvalue weighted by molar-refractivity contribution is -0.505. The number of hydrogen-bond acceptors (Lipinski definition) is 6. The van der Waals surface area contributed by atoms with E-state index < -0.39 is 35.4 Å². The van der Waals surface area contributed by atoms with Gasteiger partial charge < -0.3 is 10.4 Å². The first kappa shape index (κ1) is 23.3. The standard InChI is InChI=1S/C17H35NO6/c1-9-10-11-18-13(14(19)20)12(2)15(21-23-16(3,4)5)22-24-17(6,7)8/h12-13,15,18H,9-11H2,1-8H3,(H,19,20)/t12?,13-/m0/s1. The minimum absolute atomic E-state index is 0.538. The van der Waals surface area contributed by atoms with Crippen molar-refractivity contribution < 1.29 is 29.5 Å². The van der Waals surface area contributed by atoms with E-state index in [1.54, 1.807) is 6.92 Å². The fourth-order valence-electron chi connectivity index (χ4n) is 1.66. The Balaban J connectivity index is 4.99. The van der Waals surface area contributed by atoms with Crippen molar-refractivity contribution in [3.8, 4) is 0 Å². The molecule has 2 N–H and O–H groups in total. The van der Waals surface area contributed by atoms with Crippen LogP contribution in [0.25, 0.3) is 0 Å². The summed E-state index contributed by atoms with van der Waals surface area (Å²) in [6.45, 7) is 15.3. The van der Waals surface area contributed by atoms with Crippen molar-refractivity contribution in [3.05, 3.63) is 0 Å². The monoisotopic (exact) mass is 349 g/mol. The number of nitrogens with one attached hydrogen (secondary N) is 1. The molecule has 0 aliphatic rings. The Labute approximate surface area is 145 Å². The van der Waals surface area contributed by atoms with Gasteiger partial charge in [0.2, 0.25) is 6.29 Å². The smallest absolute Gasteiger partial charge is 0.321 e. The molecule has 0 rings (SSSR count). The minimum atomic E-state index is -0.987. The third-order valence-electron chi connectivity index (χ3n) is 2.90. The van der Waals surface area contributed by atoms with E-state index >= 15 is 0 Å². The predicted molar refractivity (Wildman–Crippen MR) is 91.1 cm³/mol. The molecule has 0 saturated carbocycles. The van der Waals surface area contributed by atoms with E-state index in [0.717, 1.165) is 12.8 Å². The Morgan fingerprint density at radius 2 is 1.50 bits per heavy atom. The highest BCUT2D eigenvalue weighted by Crippen LogP contribution is 2.21. The Hall–Kier alpha value is -0.730. The number of hydrogen-bond donors (Lipinski definition) is 2. The number of carbonyl (C=O) groups is 1. The lowest BCUT2D eigenvalue weighted by atomic mass is 10.0. The highest BCUT2D eigenvalue weighted by atomic mass is 17.3. The van der Waals surface area contributed by atoms with Crippen LogP contribution in [0.4, 0.5) is 0 Å². The lowest BCUT2D eigenvalue weighted by Gasteiger charge is -2.31. The summed E-state index contributed by atoms with van der Waals surface area (Å²) in [6.07, 6.45) is 0.878. The van der Waals surface area contributed by atoms with Gasteiger partial charge in [-0.3, -0.25) is 4.79 Å². The summed E-state index contributed by atoms with van der Waals surface area (Å²) in [4.78, 5) is 32.9. The van der Waals surface area contributed by atoms with Crippen LogP contribution in [0.3, 0.4) is 0 Å². The van der Waals surface area contributed by atoms with E-state index in [9.17, 15) is 9.90 Å². The molecule has 7 nitrogen and oxygen atoms in total. The molecule has 0 bridgehead atoms. The van der Waals surface area contributed by atoms with Gasteiger partial charge in [0, 0.05) is 5.92 Å². The second-order valence-corrected chi connectivity index (χ2v) is 7.93. The maximum absolute atomic E-state index is 11.6. The summed E-state index contributed by atoms with van der Waals surface area (Å²) >= 11 is 0. The molecule has 24 heavy (non-hydrogen) atoms. The molecule has 144 valence electrons. The molecule has 7 heteroatoms. The van der Waals surface area contributed by atoms with Crippen molar-refractivity contribution >= 4 is 5.97 Å². The fourth-order valence-corrected chi connectivity index (χ4v) is 1.66. The van der Waals surface area contributed by atoms with Crippen LogP contribution in [0.15, 0.2) is 0 Å². The SMILES string of the molecule is CCCCN[C@H](C(=O)O)C(C)C(OOC(C)(C)C)OOC(C)(C)C. The molecule has 1 unspecified atom stereocenters. The molecular weight excluding hydrogens is 314 g/mol. The molecule has 0 saturated heterocycles. The minimum Gasteiger partial charge on any atom is -0.480 e. The van der Waals surface area contributed by atoms with Crippen LogP contribution in [0.5, 0.6) is 0 Å². The van der Waals surface area contributed by atoms with Gasteiger partial charge in [0.1, 0.15) is 6.04 Å². The number of aliphatic carboxylic acids is 1. The van der Waals surface area contributed by atoms with Crippen LogP contribution in [0.2, 0.25) is 0 Å². The Kier molecular flexibility index (Phi) is 9.99. The number of unbranched alkanes of at least 4 members (excludes halogenated alkanes) is 1. The third kappa shape index (κ3) is 10.9. The zero-order valence-corrected chi connectivity index (χ0v) is 16.3. The van der Waals surface area contributed by atoms with E-state index in [-0.39, 0.29) is 0 Å². The Morgan fingerprint density at radius 1 is 1.04 bits per heavy atom. The first-order valence-corrected chi connectivity index (χ1v) is 8.52. The number of rotatable bonds is 11. The highest BCUT2D eigenvalue weighted by Gasteiger charge is 2.35. The topological polar surface area (TPSA) is 86.3 Å². The number of carboxylic acid groups (broad SMARTS) is 1. The lowest BCUT2D eigenvalue weighted by Crippen LogP contribution is -2.48.